The fourth-order valence-corrected chi connectivity index (χ4v) is 2.16. The molecule has 0 aromatic heterocycles. The molecule has 0 saturated carbocycles. The van der Waals surface area contributed by atoms with Gasteiger partial charge in [0.1, 0.15) is 0 Å². The van der Waals surface area contributed by atoms with Gasteiger partial charge < -0.3 is 5.32 Å². The second-order valence-electron chi connectivity index (χ2n) is 4.84. The van der Waals surface area contributed by atoms with Crippen LogP contribution in [0.25, 0.3) is 0 Å². The maximum Gasteiger partial charge on any atom is 0.210 e. The molecule has 0 bridgehead atoms. The molecule has 0 radical (unpaired) electrons. The third-order valence-electron chi connectivity index (χ3n) is 3.18. The van der Waals surface area contributed by atoms with E-state index in [0.717, 1.165) is 32.4 Å². The maximum absolute atomic E-state index is 7.74. The topological polar surface area (TPSA) is 87.0 Å². The van der Waals surface area contributed by atoms with Crippen molar-refractivity contribution in [2.24, 2.45) is 0 Å². The Labute approximate surface area is 131 Å². The van der Waals surface area contributed by atoms with Crippen LogP contribution in [0.15, 0.2) is 30.3 Å². The third-order valence-corrected chi connectivity index (χ3v) is 3.18. The summed E-state index contributed by atoms with van der Waals surface area (Å²) in [5.41, 5.74) is 4.18. The number of nitrogens with zero attached hydrogens (tertiary/aromatic N) is 1. The van der Waals surface area contributed by atoms with Crippen LogP contribution in [-0.4, -0.2) is 36.6 Å². The van der Waals surface area contributed by atoms with Crippen molar-refractivity contribution in [3.63, 3.8) is 0 Å². The minimum atomic E-state index is 0. The highest BCUT2D eigenvalue weighted by atomic mass is 35.5. The second-order valence-corrected chi connectivity index (χ2v) is 4.84. The Kier molecular flexibility index (Phi) is 7.56. The summed E-state index contributed by atoms with van der Waals surface area (Å²) in [6, 6.07) is 10.1. The average Bonchev–Trinajstić information content (AvgIpc) is 2.92. The van der Waals surface area contributed by atoms with Crippen LogP contribution in [0.4, 0.5) is 0 Å². The fourth-order valence-electron chi connectivity index (χ4n) is 2.16. The smallest absolute Gasteiger partial charge is 0.210 e. The van der Waals surface area contributed by atoms with E-state index in [1.165, 1.54) is 5.56 Å². The zero-order chi connectivity index (χ0) is 14.2. The van der Waals surface area contributed by atoms with Crippen molar-refractivity contribution in [3.8, 4) is 0 Å². The molecule has 0 unspecified atom stereocenters. The van der Waals surface area contributed by atoms with Gasteiger partial charge in [-0.05, 0) is 24.8 Å². The molecule has 0 amide bonds. The summed E-state index contributed by atoms with van der Waals surface area (Å²) in [4.78, 5) is 0. The SMILES string of the molecule is Cl.N=C(NCCc1ccccc1)NC(=N)NN1CCCC1. The minimum Gasteiger partial charge on any atom is -0.356 e. The Bertz CT molecular complexity index is 444. The molecule has 1 saturated heterocycles. The number of hydrogen-bond acceptors (Lipinski definition) is 3. The molecule has 1 aromatic carbocycles. The Hall–Kier alpha value is -1.79. The number of hydrogen-bond donors (Lipinski definition) is 5. The predicted molar refractivity (Wildman–Crippen MR) is 87.9 cm³/mol. The minimum absolute atomic E-state index is 0. The van der Waals surface area contributed by atoms with Gasteiger partial charge in [0, 0.05) is 19.6 Å². The first-order valence-electron chi connectivity index (χ1n) is 6.97. The quantitative estimate of drug-likeness (QED) is 0.428. The van der Waals surface area contributed by atoms with Crippen LogP contribution in [0.1, 0.15) is 18.4 Å². The molecule has 0 aliphatic carbocycles. The first kappa shape index (κ1) is 17.3. The summed E-state index contributed by atoms with van der Waals surface area (Å²) in [6.07, 6.45) is 3.18. The van der Waals surface area contributed by atoms with Crippen molar-refractivity contribution in [2.75, 3.05) is 19.6 Å². The molecule has 1 aliphatic heterocycles. The highest BCUT2D eigenvalue weighted by Crippen LogP contribution is 2.02. The number of nitrogens with one attached hydrogen (secondary N) is 5. The van der Waals surface area contributed by atoms with E-state index in [1.807, 2.05) is 23.2 Å². The number of benzene rings is 1. The van der Waals surface area contributed by atoms with Crippen LogP contribution in [0.5, 0.6) is 0 Å². The molecule has 0 spiro atoms. The highest BCUT2D eigenvalue weighted by Gasteiger charge is 2.12. The second kappa shape index (κ2) is 9.20. The van der Waals surface area contributed by atoms with Gasteiger partial charge in [-0.3, -0.25) is 21.6 Å². The zero-order valence-electron chi connectivity index (χ0n) is 12.0. The molecule has 6 nitrogen and oxygen atoms in total. The Morgan fingerprint density at radius 3 is 2.38 bits per heavy atom. The van der Waals surface area contributed by atoms with Gasteiger partial charge in [-0.2, -0.15) is 0 Å². The molecule has 116 valence electrons. The number of guanidine groups is 2. The van der Waals surface area contributed by atoms with Gasteiger partial charge in [0.2, 0.25) is 5.96 Å². The predicted octanol–water partition coefficient (Wildman–Crippen LogP) is 1.30. The number of rotatable bonds is 4. The molecule has 1 aromatic rings. The van der Waals surface area contributed by atoms with E-state index in [-0.39, 0.29) is 24.3 Å². The van der Waals surface area contributed by atoms with E-state index in [1.54, 1.807) is 0 Å². The van der Waals surface area contributed by atoms with Gasteiger partial charge in [-0.15, -0.1) is 12.4 Å². The van der Waals surface area contributed by atoms with E-state index in [0.29, 0.717) is 6.54 Å². The highest BCUT2D eigenvalue weighted by molar-refractivity contribution is 5.95. The van der Waals surface area contributed by atoms with Gasteiger partial charge in [-0.1, -0.05) is 30.3 Å². The Balaban J connectivity index is 0.00000220. The van der Waals surface area contributed by atoms with Crippen LogP contribution >= 0.6 is 12.4 Å². The van der Waals surface area contributed by atoms with Crippen molar-refractivity contribution in [3.05, 3.63) is 35.9 Å². The number of hydrazine groups is 1. The van der Waals surface area contributed by atoms with Crippen molar-refractivity contribution in [1.29, 1.82) is 10.8 Å². The summed E-state index contributed by atoms with van der Waals surface area (Å²) in [5, 5.41) is 23.1. The first-order valence-corrected chi connectivity index (χ1v) is 6.97. The van der Waals surface area contributed by atoms with Gasteiger partial charge in [0.05, 0.1) is 0 Å². The maximum atomic E-state index is 7.74. The summed E-state index contributed by atoms with van der Waals surface area (Å²) in [6.45, 7) is 2.59. The molecule has 1 heterocycles. The summed E-state index contributed by atoms with van der Waals surface area (Å²) in [5.74, 6) is 0.293. The van der Waals surface area contributed by atoms with Gasteiger partial charge >= 0.3 is 0 Å². The Morgan fingerprint density at radius 1 is 1.05 bits per heavy atom. The van der Waals surface area contributed by atoms with E-state index in [9.17, 15) is 0 Å². The van der Waals surface area contributed by atoms with Crippen LogP contribution in [0.3, 0.4) is 0 Å². The molecule has 7 heteroatoms. The van der Waals surface area contributed by atoms with Crippen LogP contribution in [0, 0.1) is 10.8 Å². The zero-order valence-corrected chi connectivity index (χ0v) is 12.8. The summed E-state index contributed by atoms with van der Waals surface area (Å²) >= 11 is 0. The van der Waals surface area contributed by atoms with E-state index in [2.05, 4.69) is 28.2 Å². The van der Waals surface area contributed by atoms with Gasteiger partial charge in [-0.25, -0.2) is 5.01 Å². The monoisotopic (exact) mass is 310 g/mol. The lowest BCUT2D eigenvalue weighted by Gasteiger charge is -2.19. The third kappa shape index (κ3) is 6.46. The van der Waals surface area contributed by atoms with Gasteiger partial charge in [0.25, 0.3) is 0 Å². The lowest BCUT2D eigenvalue weighted by Crippen LogP contribution is -2.51. The summed E-state index contributed by atoms with van der Waals surface area (Å²) in [7, 11) is 0. The van der Waals surface area contributed by atoms with Gasteiger partial charge in [0.15, 0.2) is 5.96 Å². The Morgan fingerprint density at radius 2 is 1.71 bits per heavy atom. The van der Waals surface area contributed by atoms with E-state index >= 15 is 0 Å². The van der Waals surface area contributed by atoms with Crippen molar-refractivity contribution >= 4 is 24.3 Å². The molecule has 0 atom stereocenters. The lowest BCUT2D eigenvalue weighted by atomic mass is 10.1. The van der Waals surface area contributed by atoms with Crippen molar-refractivity contribution < 1.29 is 0 Å². The first-order chi connectivity index (χ1) is 9.74. The number of halogens is 1. The standard InChI is InChI=1S/C14H22N6.ClH/c15-13(17-9-8-12-6-2-1-3-7-12)18-14(16)19-20-10-4-5-11-20;/h1-3,6-7H,4-5,8-11H2,(H5,15,16,17,18,19);1H. The largest absolute Gasteiger partial charge is 0.356 e. The van der Waals surface area contributed by atoms with E-state index < -0.39 is 0 Å². The normalized spacial score (nSPS) is 14.1. The molecule has 5 N–H and O–H groups in total. The molecular formula is C14H23ClN6. The fraction of sp³-hybridized carbons (Fsp3) is 0.429. The lowest BCUT2D eigenvalue weighted by molar-refractivity contribution is 0.291. The molecule has 21 heavy (non-hydrogen) atoms. The molecular weight excluding hydrogens is 288 g/mol. The molecule has 2 rings (SSSR count). The molecule has 1 aliphatic rings. The van der Waals surface area contributed by atoms with Crippen molar-refractivity contribution in [1.82, 2.24) is 21.1 Å². The molecule has 1 fully saturated rings. The van der Waals surface area contributed by atoms with Crippen LogP contribution in [-0.2, 0) is 6.42 Å². The van der Waals surface area contributed by atoms with E-state index in [4.69, 9.17) is 10.8 Å². The van der Waals surface area contributed by atoms with Crippen molar-refractivity contribution in [2.45, 2.75) is 19.3 Å². The van der Waals surface area contributed by atoms with Crippen LogP contribution < -0.4 is 16.1 Å². The van der Waals surface area contributed by atoms with Crippen LogP contribution in [0.2, 0.25) is 0 Å². The summed E-state index contributed by atoms with van der Waals surface area (Å²) < 4.78 is 0. The average molecular weight is 311 g/mol.